The predicted octanol–water partition coefficient (Wildman–Crippen LogP) is 3.04. The molecule has 0 aromatic heterocycles. The number of carbonyl (C=O) groups excluding carboxylic acids is 1. The Labute approximate surface area is 93.1 Å². The average Bonchev–Trinajstić information content (AvgIpc) is 2.27. The maximum absolute atomic E-state index is 11.5. The van der Waals surface area contributed by atoms with Crippen LogP contribution in [0.25, 0.3) is 0 Å². The molecule has 86 valence electrons. The Hall–Kier alpha value is -0.790. The van der Waals surface area contributed by atoms with Crippen LogP contribution in [0.1, 0.15) is 52.4 Å². The molecule has 0 saturated heterocycles. The summed E-state index contributed by atoms with van der Waals surface area (Å²) >= 11 is 0. The van der Waals surface area contributed by atoms with Gasteiger partial charge in [0.05, 0.1) is 0 Å². The van der Waals surface area contributed by atoms with Crippen LogP contribution in [0.15, 0.2) is 12.2 Å². The van der Waals surface area contributed by atoms with Gasteiger partial charge >= 0.3 is 0 Å². The van der Waals surface area contributed by atoms with E-state index in [0.717, 1.165) is 6.42 Å². The lowest BCUT2D eigenvalue weighted by atomic mass is 9.83. The lowest BCUT2D eigenvalue weighted by Crippen LogP contribution is -2.39. The zero-order chi connectivity index (χ0) is 11.1. The first kappa shape index (κ1) is 12.3. The van der Waals surface area contributed by atoms with Gasteiger partial charge in [0.15, 0.2) is 0 Å². The maximum Gasteiger partial charge on any atom is 0.243 e. The number of rotatable bonds is 4. The quantitative estimate of drug-likeness (QED) is 0.708. The Morgan fingerprint density at radius 3 is 2.60 bits per heavy atom. The minimum absolute atomic E-state index is 0.0647. The van der Waals surface area contributed by atoms with Crippen molar-refractivity contribution in [3.05, 3.63) is 12.2 Å². The Bertz CT molecular complexity index is 217. The molecular weight excluding hydrogens is 186 g/mol. The first-order valence-corrected chi connectivity index (χ1v) is 6.21. The third-order valence-electron chi connectivity index (χ3n) is 3.30. The van der Waals surface area contributed by atoms with Gasteiger partial charge in [0.25, 0.3) is 0 Å². The largest absolute Gasteiger partial charge is 0.350 e. The second kappa shape index (κ2) is 6.65. The van der Waals surface area contributed by atoms with Crippen LogP contribution in [-0.4, -0.2) is 11.9 Å². The summed E-state index contributed by atoms with van der Waals surface area (Å²) in [5.74, 6) is 0.771. The summed E-state index contributed by atoms with van der Waals surface area (Å²) in [4.78, 5) is 11.5. The molecule has 0 spiro atoms. The summed E-state index contributed by atoms with van der Waals surface area (Å²) in [5, 5.41) is 3.11. The van der Waals surface area contributed by atoms with Crippen molar-refractivity contribution in [3.8, 4) is 0 Å². The van der Waals surface area contributed by atoms with Gasteiger partial charge in [-0.05, 0) is 38.2 Å². The molecule has 0 aliphatic heterocycles. The van der Waals surface area contributed by atoms with E-state index in [-0.39, 0.29) is 5.91 Å². The maximum atomic E-state index is 11.5. The number of allylic oxidation sites excluding steroid dienone is 1. The van der Waals surface area contributed by atoms with Crippen molar-refractivity contribution in [1.82, 2.24) is 5.32 Å². The van der Waals surface area contributed by atoms with E-state index in [0.29, 0.717) is 12.0 Å². The first-order valence-electron chi connectivity index (χ1n) is 6.21. The third-order valence-corrected chi connectivity index (χ3v) is 3.30. The molecule has 1 atom stereocenters. The van der Waals surface area contributed by atoms with Crippen LogP contribution < -0.4 is 5.32 Å². The molecule has 1 rings (SSSR count). The number of hydrogen-bond acceptors (Lipinski definition) is 1. The van der Waals surface area contributed by atoms with E-state index in [1.807, 2.05) is 6.92 Å². The zero-order valence-corrected chi connectivity index (χ0v) is 9.96. The standard InChI is InChI=1S/C13H23NO/c1-3-8-13(15)14-12(4-2)11-9-6-5-7-10-11/h3,8,11-12H,4-7,9-10H2,1-2H3,(H,14,15). The fourth-order valence-electron chi connectivity index (χ4n) is 2.47. The molecule has 2 nitrogen and oxygen atoms in total. The molecule has 15 heavy (non-hydrogen) atoms. The normalized spacial score (nSPS) is 20.4. The molecular formula is C13H23NO. The van der Waals surface area contributed by atoms with Gasteiger partial charge in [-0.3, -0.25) is 4.79 Å². The molecule has 1 fully saturated rings. The summed E-state index contributed by atoms with van der Waals surface area (Å²) < 4.78 is 0. The highest BCUT2D eigenvalue weighted by Crippen LogP contribution is 2.27. The molecule has 1 aliphatic rings. The zero-order valence-electron chi connectivity index (χ0n) is 9.96. The van der Waals surface area contributed by atoms with E-state index in [1.54, 1.807) is 12.2 Å². The average molecular weight is 209 g/mol. The van der Waals surface area contributed by atoms with E-state index >= 15 is 0 Å². The molecule has 2 heteroatoms. The monoisotopic (exact) mass is 209 g/mol. The van der Waals surface area contributed by atoms with Crippen molar-refractivity contribution in [3.63, 3.8) is 0 Å². The van der Waals surface area contributed by atoms with Crippen LogP contribution in [0.2, 0.25) is 0 Å². The minimum atomic E-state index is 0.0647. The number of amides is 1. The molecule has 1 amide bonds. The van der Waals surface area contributed by atoms with Crippen molar-refractivity contribution in [2.24, 2.45) is 5.92 Å². The summed E-state index contributed by atoms with van der Waals surface area (Å²) in [5.41, 5.74) is 0. The topological polar surface area (TPSA) is 29.1 Å². The van der Waals surface area contributed by atoms with Gasteiger partial charge in [0, 0.05) is 6.04 Å². The fourth-order valence-corrected chi connectivity index (χ4v) is 2.47. The molecule has 1 aliphatic carbocycles. The molecule has 0 heterocycles. The highest BCUT2D eigenvalue weighted by Gasteiger charge is 2.22. The SMILES string of the molecule is CC=CC(=O)NC(CC)C1CCCCC1. The second-order valence-electron chi connectivity index (χ2n) is 4.42. The molecule has 1 unspecified atom stereocenters. The fraction of sp³-hybridized carbons (Fsp3) is 0.769. The van der Waals surface area contributed by atoms with E-state index in [9.17, 15) is 4.79 Å². The van der Waals surface area contributed by atoms with Crippen LogP contribution in [-0.2, 0) is 4.79 Å². The Morgan fingerprint density at radius 1 is 1.40 bits per heavy atom. The Balaban J connectivity index is 2.43. The van der Waals surface area contributed by atoms with E-state index < -0.39 is 0 Å². The lowest BCUT2D eigenvalue weighted by Gasteiger charge is -2.29. The number of carbonyl (C=O) groups is 1. The van der Waals surface area contributed by atoms with Crippen molar-refractivity contribution in [1.29, 1.82) is 0 Å². The molecule has 1 saturated carbocycles. The third kappa shape index (κ3) is 4.06. The summed E-state index contributed by atoms with van der Waals surface area (Å²) in [6.07, 6.45) is 11.1. The lowest BCUT2D eigenvalue weighted by molar-refractivity contribution is -0.117. The second-order valence-corrected chi connectivity index (χ2v) is 4.42. The van der Waals surface area contributed by atoms with Gasteiger partial charge < -0.3 is 5.32 Å². The Morgan fingerprint density at radius 2 is 2.07 bits per heavy atom. The van der Waals surface area contributed by atoms with Gasteiger partial charge in [0.2, 0.25) is 5.91 Å². The Kier molecular flexibility index (Phi) is 5.44. The van der Waals surface area contributed by atoms with Gasteiger partial charge in [-0.2, -0.15) is 0 Å². The van der Waals surface area contributed by atoms with Crippen molar-refractivity contribution >= 4 is 5.91 Å². The molecule has 0 radical (unpaired) electrons. The molecule has 0 aromatic rings. The van der Waals surface area contributed by atoms with Crippen LogP contribution in [0.5, 0.6) is 0 Å². The summed E-state index contributed by atoms with van der Waals surface area (Å²) in [6.45, 7) is 4.04. The number of hydrogen-bond donors (Lipinski definition) is 1. The van der Waals surface area contributed by atoms with E-state index in [1.165, 1.54) is 32.1 Å². The van der Waals surface area contributed by atoms with Gasteiger partial charge in [0.1, 0.15) is 0 Å². The van der Waals surface area contributed by atoms with Gasteiger partial charge in [-0.15, -0.1) is 0 Å². The van der Waals surface area contributed by atoms with E-state index in [2.05, 4.69) is 12.2 Å². The van der Waals surface area contributed by atoms with Crippen LogP contribution in [0.4, 0.5) is 0 Å². The van der Waals surface area contributed by atoms with E-state index in [4.69, 9.17) is 0 Å². The minimum Gasteiger partial charge on any atom is -0.350 e. The molecule has 0 aromatic carbocycles. The smallest absolute Gasteiger partial charge is 0.243 e. The van der Waals surface area contributed by atoms with Crippen LogP contribution in [0, 0.1) is 5.92 Å². The van der Waals surface area contributed by atoms with Gasteiger partial charge in [-0.1, -0.05) is 32.3 Å². The van der Waals surface area contributed by atoms with Crippen molar-refractivity contribution in [2.45, 2.75) is 58.4 Å². The highest BCUT2D eigenvalue weighted by atomic mass is 16.1. The van der Waals surface area contributed by atoms with Crippen molar-refractivity contribution < 1.29 is 4.79 Å². The van der Waals surface area contributed by atoms with Gasteiger partial charge in [-0.25, -0.2) is 0 Å². The predicted molar refractivity (Wildman–Crippen MR) is 63.6 cm³/mol. The first-order chi connectivity index (χ1) is 7.27. The van der Waals surface area contributed by atoms with Crippen LogP contribution in [0.3, 0.4) is 0 Å². The summed E-state index contributed by atoms with van der Waals surface area (Å²) in [6, 6.07) is 0.383. The molecule has 0 bridgehead atoms. The highest BCUT2D eigenvalue weighted by molar-refractivity contribution is 5.87. The summed E-state index contributed by atoms with van der Waals surface area (Å²) in [7, 11) is 0. The number of nitrogens with one attached hydrogen (secondary N) is 1. The van der Waals surface area contributed by atoms with Crippen molar-refractivity contribution in [2.75, 3.05) is 0 Å². The molecule has 1 N–H and O–H groups in total. The van der Waals surface area contributed by atoms with Crippen LogP contribution >= 0.6 is 0 Å².